The fraction of sp³-hybridized carbons (Fsp3) is 0.259. The van der Waals surface area contributed by atoms with Gasteiger partial charge < -0.3 is 24.6 Å². The Bertz CT molecular complexity index is 1290. The lowest BCUT2D eigenvalue weighted by atomic mass is 9.94. The number of aliphatic carboxylic acids is 1. The molecular weight excluding hydrogens is 434 g/mol. The number of hydrogen-bond acceptors (Lipinski definition) is 5. The second-order valence-electron chi connectivity index (χ2n) is 8.73. The van der Waals surface area contributed by atoms with Gasteiger partial charge in [0, 0.05) is 11.3 Å². The Balaban J connectivity index is 1.41. The second-order valence-corrected chi connectivity index (χ2v) is 8.73. The zero-order valence-corrected chi connectivity index (χ0v) is 19.0. The molecule has 0 aromatic heterocycles. The number of ether oxygens (including phenoxy) is 3. The molecule has 34 heavy (non-hydrogen) atoms. The summed E-state index contributed by atoms with van der Waals surface area (Å²) in [5, 5.41) is 12.3. The van der Waals surface area contributed by atoms with Crippen LogP contribution < -0.4 is 19.5 Å². The van der Waals surface area contributed by atoms with E-state index in [1.54, 1.807) is 6.07 Å². The van der Waals surface area contributed by atoms with Crippen LogP contribution in [0.15, 0.2) is 54.6 Å². The van der Waals surface area contributed by atoms with E-state index in [0.717, 1.165) is 35.1 Å². The van der Waals surface area contributed by atoms with Gasteiger partial charge in [-0.25, -0.2) is 0 Å². The number of rotatable bonds is 7. The molecule has 0 atom stereocenters. The molecule has 0 radical (unpaired) electrons. The number of carbonyl (C=O) groups excluding carboxylic acids is 1. The molecule has 174 valence electrons. The number of amides is 1. The third kappa shape index (κ3) is 3.94. The molecule has 1 amide bonds. The van der Waals surface area contributed by atoms with Crippen LogP contribution in [0.1, 0.15) is 29.5 Å². The minimum Gasteiger partial charge on any atom is -0.496 e. The zero-order valence-electron chi connectivity index (χ0n) is 19.0. The Morgan fingerprint density at radius 1 is 1.03 bits per heavy atom. The molecule has 0 bridgehead atoms. The fourth-order valence-electron chi connectivity index (χ4n) is 4.47. The van der Waals surface area contributed by atoms with E-state index in [4.69, 9.17) is 14.2 Å². The van der Waals surface area contributed by atoms with Crippen LogP contribution in [0.5, 0.6) is 17.2 Å². The lowest BCUT2D eigenvalue weighted by Crippen LogP contribution is -2.27. The highest BCUT2D eigenvalue weighted by Crippen LogP contribution is 2.51. The van der Waals surface area contributed by atoms with E-state index in [9.17, 15) is 14.7 Å². The minimum atomic E-state index is -0.925. The Kier molecular flexibility index (Phi) is 5.40. The quantitative estimate of drug-likeness (QED) is 0.532. The van der Waals surface area contributed by atoms with Crippen LogP contribution in [0.2, 0.25) is 0 Å². The Morgan fingerprint density at radius 3 is 2.56 bits per heavy atom. The van der Waals surface area contributed by atoms with Gasteiger partial charge in [0.25, 0.3) is 0 Å². The van der Waals surface area contributed by atoms with E-state index in [1.807, 2.05) is 55.5 Å². The molecule has 7 heteroatoms. The average Bonchev–Trinajstić information content (AvgIpc) is 3.50. The number of benzene rings is 3. The number of aryl methyl sites for hydroxylation is 1. The summed E-state index contributed by atoms with van der Waals surface area (Å²) in [6.07, 6.45) is 1.41. The number of carbonyl (C=O) groups is 2. The van der Waals surface area contributed by atoms with Crippen molar-refractivity contribution in [2.45, 2.75) is 31.6 Å². The zero-order chi connectivity index (χ0) is 23.9. The summed E-state index contributed by atoms with van der Waals surface area (Å²) in [4.78, 5) is 24.6. The summed E-state index contributed by atoms with van der Waals surface area (Å²) in [5.74, 6) is 0.928. The molecular formula is C27H25NO6. The van der Waals surface area contributed by atoms with Gasteiger partial charge in [-0.2, -0.15) is 0 Å². The molecule has 1 fully saturated rings. The van der Waals surface area contributed by atoms with E-state index >= 15 is 0 Å². The highest BCUT2D eigenvalue weighted by molar-refractivity contribution is 6.02. The van der Waals surface area contributed by atoms with Crippen molar-refractivity contribution in [3.63, 3.8) is 0 Å². The molecule has 0 unspecified atom stereocenters. The van der Waals surface area contributed by atoms with Gasteiger partial charge in [-0.3, -0.25) is 9.59 Å². The third-order valence-electron chi connectivity index (χ3n) is 6.54. The molecule has 1 saturated carbocycles. The Morgan fingerprint density at radius 2 is 1.82 bits per heavy atom. The molecule has 5 rings (SSSR count). The summed E-state index contributed by atoms with van der Waals surface area (Å²) in [5.41, 5.74) is 4.44. The molecule has 7 nitrogen and oxygen atoms in total. The summed E-state index contributed by atoms with van der Waals surface area (Å²) < 4.78 is 16.2. The molecule has 1 heterocycles. The molecule has 2 N–H and O–H groups in total. The lowest BCUT2D eigenvalue weighted by Gasteiger charge is -2.18. The molecule has 3 aromatic carbocycles. The van der Waals surface area contributed by atoms with E-state index in [1.165, 1.54) is 7.11 Å². The van der Waals surface area contributed by atoms with Crippen molar-refractivity contribution in [1.29, 1.82) is 0 Å². The fourth-order valence-corrected chi connectivity index (χ4v) is 4.47. The second kappa shape index (κ2) is 8.41. The highest BCUT2D eigenvalue weighted by Gasteiger charge is 2.51. The van der Waals surface area contributed by atoms with Crippen LogP contribution in [0.3, 0.4) is 0 Å². The monoisotopic (exact) mass is 459 g/mol. The molecule has 3 aromatic rings. The molecule has 1 aliphatic heterocycles. The first-order valence-electron chi connectivity index (χ1n) is 11.1. The van der Waals surface area contributed by atoms with Crippen molar-refractivity contribution in [3.05, 3.63) is 71.3 Å². The first-order valence-corrected chi connectivity index (χ1v) is 11.1. The van der Waals surface area contributed by atoms with Gasteiger partial charge in [0.15, 0.2) is 11.5 Å². The first-order chi connectivity index (χ1) is 16.4. The van der Waals surface area contributed by atoms with Gasteiger partial charge in [0.1, 0.15) is 5.75 Å². The SMILES string of the molecule is COc1ccc(-c2cc(NC(=O)C3(c4ccc5c(c4)OCO5)CC3)ccc2C)cc1CC(=O)O. The minimum absolute atomic E-state index is 0.0533. The molecule has 2 aliphatic rings. The Hall–Kier alpha value is -4.00. The maximum atomic E-state index is 13.3. The van der Waals surface area contributed by atoms with E-state index in [-0.39, 0.29) is 19.1 Å². The normalized spacial score (nSPS) is 15.0. The Labute approximate surface area is 197 Å². The van der Waals surface area contributed by atoms with Crippen molar-refractivity contribution >= 4 is 17.6 Å². The number of fused-ring (bicyclic) bond motifs is 1. The predicted molar refractivity (Wildman–Crippen MR) is 127 cm³/mol. The first kappa shape index (κ1) is 21.8. The number of carboxylic acid groups (broad SMARTS) is 1. The van der Waals surface area contributed by atoms with E-state index < -0.39 is 11.4 Å². The molecule has 1 aliphatic carbocycles. The topological polar surface area (TPSA) is 94.1 Å². The third-order valence-corrected chi connectivity index (χ3v) is 6.54. The van der Waals surface area contributed by atoms with Crippen molar-refractivity contribution in [3.8, 4) is 28.4 Å². The van der Waals surface area contributed by atoms with Gasteiger partial charge in [-0.1, -0.05) is 18.2 Å². The van der Waals surface area contributed by atoms with Crippen LogP contribution >= 0.6 is 0 Å². The summed E-state index contributed by atoms with van der Waals surface area (Å²) in [6, 6.07) is 16.9. The highest BCUT2D eigenvalue weighted by atomic mass is 16.7. The van der Waals surface area contributed by atoms with Crippen molar-refractivity contribution < 1.29 is 28.9 Å². The van der Waals surface area contributed by atoms with Crippen LogP contribution in [0, 0.1) is 6.92 Å². The van der Waals surface area contributed by atoms with Crippen molar-refractivity contribution in [1.82, 2.24) is 0 Å². The summed E-state index contributed by atoms with van der Waals surface area (Å²) in [7, 11) is 1.52. The van der Waals surface area contributed by atoms with Crippen LogP contribution in [0.4, 0.5) is 5.69 Å². The van der Waals surface area contributed by atoms with Crippen LogP contribution in [-0.2, 0) is 21.4 Å². The van der Waals surface area contributed by atoms with Gasteiger partial charge in [0.05, 0.1) is 18.9 Å². The van der Waals surface area contributed by atoms with Gasteiger partial charge in [0.2, 0.25) is 12.7 Å². The van der Waals surface area contributed by atoms with Gasteiger partial charge in [-0.15, -0.1) is 0 Å². The average molecular weight is 459 g/mol. The largest absolute Gasteiger partial charge is 0.496 e. The number of hydrogen-bond donors (Lipinski definition) is 2. The lowest BCUT2D eigenvalue weighted by molar-refractivity contribution is -0.136. The standard InChI is InChI=1S/C27H25NO6/c1-16-3-6-20(14-21(16)17-4-7-22(32-2)18(11-17)12-25(29)30)28-26(31)27(9-10-27)19-5-8-23-24(13-19)34-15-33-23/h3-8,11,13-14H,9-10,12,15H2,1-2H3,(H,28,31)(H,29,30). The van der Waals surface area contributed by atoms with Crippen molar-refractivity contribution in [2.75, 3.05) is 19.2 Å². The maximum absolute atomic E-state index is 13.3. The number of nitrogens with one attached hydrogen (secondary N) is 1. The molecule has 0 saturated heterocycles. The summed E-state index contributed by atoms with van der Waals surface area (Å²) >= 11 is 0. The summed E-state index contributed by atoms with van der Waals surface area (Å²) in [6.45, 7) is 2.18. The number of anilines is 1. The van der Waals surface area contributed by atoms with Crippen molar-refractivity contribution in [2.24, 2.45) is 0 Å². The van der Waals surface area contributed by atoms with E-state index in [2.05, 4.69) is 5.32 Å². The smallest absolute Gasteiger partial charge is 0.307 e. The number of carboxylic acids is 1. The van der Waals surface area contributed by atoms with E-state index in [0.29, 0.717) is 28.5 Å². The van der Waals surface area contributed by atoms with Gasteiger partial charge >= 0.3 is 5.97 Å². The number of methoxy groups -OCH3 is 1. The van der Waals surface area contributed by atoms with Gasteiger partial charge in [-0.05, 0) is 78.4 Å². The van der Waals surface area contributed by atoms with Crippen LogP contribution in [-0.4, -0.2) is 30.9 Å². The predicted octanol–water partition coefficient (Wildman–Crippen LogP) is 4.70. The van der Waals surface area contributed by atoms with Crippen LogP contribution in [0.25, 0.3) is 11.1 Å². The molecule has 0 spiro atoms. The maximum Gasteiger partial charge on any atom is 0.307 e.